The summed E-state index contributed by atoms with van der Waals surface area (Å²) in [6.45, 7) is 12.2. The zero-order chi connectivity index (χ0) is 20.8. The predicted molar refractivity (Wildman–Crippen MR) is 98.9 cm³/mol. The maximum absolute atomic E-state index is 11.6. The molecular weight excluding hydrogens is 356 g/mol. The van der Waals surface area contributed by atoms with Crippen molar-refractivity contribution in [2.75, 3.05) is 32.8 Å². The lowest BCUT2D eigenvalue weighted by Crippen LogP contribution is -2.48. The molecule has 0 aromatic heterocycles. The average Bonchev–Trinajstić information content (AvgIpc) is 2.59. The minimum absolute atomic E-state index is 0.0318. The molecule has 152 valence electrons. The molecule has 10 nitrogen and oxygen atoms in total. The van der Waals surface area contributed by atoms with E-state index in [9.17, 15) is 19.2 Å². The van der Waals surface area contributed by atoms with Crippen molar-refractivity contribution in [2.24, 2.45) is 0 Å². The molecule has 0 radical (unpaired) electrons. The summed E-state index contributed by atoms with van der Waals surface area (Å²) in [5, 5.41) is 10.2. The first kappa shape index (κ1) is 24.0. The number of esters is 2. The molecule has 0 spiro atoms. The first-order chi connectivity index (χ1) is 12.6. The van der Waals surface area contributed by atoms with Crippen LogP contribution in [0.1, 0.15) is 20.8 Å². The van der Waals surface area contributed by atoms with E-state index in [4.69, 9.17) is 9.47 Å². The second-order valence-electron chi connectivity index (χ2n) is 5.77. The van der Waals surface area contributed by atoms with Crippen molar-refractivity contribution in [3.63, 3.8) is 0 Å². The molecule has 0 saturated heterocycles. The van der Waals surface area contributed by atoms with Crippen LogP contribution in [0.5, 0.6) is 0 Å². The average molecular weight is 384 g/mol. The van der Waals surface area contributed by atoms with Gasteiger partial charge in [-0.2, -0.15) is 0 Å². The molecule has 0 rings (SSSR count). The fourth-order valence-corrected chi connectivity index (χ4v) is 1.50. The standard InChI is InChI=1S/C17H28N4O6/c1-11(2)14(22)26-8-6-18-16(24)20-10-13(5)21-17(25)19-7-9-27-15(23)12(3)4/h13H,1,3,6-10H2,2,4-5H3,(H2,18,20,24)(H2,19,21,25). The summed E-state index contributed by atoms with van der Waals surface area (Å²) in [6.07, 6.45) is 0. The second-order valence-corrected chi connectivity index (χ2v) is 5.77. The normalized spacial score (nSPS) is 10.8. The van der Waals surface area contributed by atoms with Gasteiger partial charge in [0, 0.05) is 23.7 Å². The number of carbonyl (C=O) groups excluding carboxylic acids is 4. The summed E-state index contributed by atoms with van der Waals surface area (Å²) >= 11 is 0. The number of hydrogen-bond donors (Lipinski definition) is 4. The van der Waals surface area contributed by atoms with Crippen molar-refractivity contribution in [1.82, 2.24) is 21.3 Å². The van der Waals surface area contributed by atoms with E-state index in [1.807, 2.05) is 0 Å². The molecular formula is C17H28N4O6. The highest BCUT2D eigenvalue weighted by molar-refractivity contribution is 5.87. The highest BCUT2D eigenvalue weighted by Crippen LogP contribution is 1.91. The van der Waals surface area contributed by atoms with Gasteiger partial charge < -0.3 is 30.7 Å². The van der Waals surface area contributed by atoms with Crippen molar-refractivity contribution >= 4 is 24.0 Å². The van der Waals surface area contributed by atoms with E-state index < -0.39 is 24.0 Å². The van der Waals surface area contributed by atoms with Gasteiger partial charge in [-0.25, -0.2) is 19.2 Å². The van der Waals surface area contributed by atoms with Gasteiger partial charge in [-0.15, -0.1) is 0 Å². The highest BCUT2D eigenvalue weighted by Gasteiger charge is 2.09. The van der Waals surface area contributed by atoms with Gasteiger partial charge in [0.1, 0.15) is 13.2 Å². The lowest BCUT2D eigenvalue weighted by atomic mass is 10.3. The monoisotopic (exact) mass is 384 g/mol. The topological polar surface area (TPSA) is 135 Å². The minimum Gasteiger partial charge on any atom is -0.460 e. The van der Waals surface area contributed by atoms with E-state index >= 15 is 0 Å². The lowest BCUT2D eigenvalue weighted by Gasteiger charge is -2.16. The molecule has 0 aliphatic rings. The Morgan fingerprint density at radius 2 is 1.26 bits per heavy atom. The summed E-state index contributed by atoms with van der Waals surface area (Å²) in [7, 11) is 0. The van der Waals surface area contributed by atoms with E-state index in [0.29, 0.717) is 0 Å². The molecule has 0 aromatic carbocycles. The smallest absolute Gasteiger partial charge is 0.333 e. The van der Waals surface area contributed by atoms with Gasteiger partial charge in [-0.3, -0.25) is 0 Å². The highest BCUT2D eigenvalue weighted by atomic mass is 16.5. The summed E-state index contributed by atoms with van der Waals surface area (Å²) in [6, 6.07) is -1.25. The quantitative estimate of drug-likeness (QED) is 0.229. The molecule has 0 aromatic rings. The molecule has 10 heteroatoms. The van der Waals surface area contributed by atoms with Crippen LogP contribution in [-0.4, -0.2) is 62.9 Å². The third kappa shape index (κ3) is 12.9. The van der Waals surface area contributed by atoms with Crippen molar-refractivity contribution in [3.8, 4) is 0 Å². The largest absolute Gasteiger partial charge is 0.460 e. The SMILES string of the molecule is C=C(C)C(=O)OCCNC(=O)NCC(C)NC(=O)NCCOC(=O)C(=C)C. The summed E-state index contributed by atoms with van der Waals surface area (Å²) in [5.41, 5.74) is 0.568. The number of ether oxygens (including phenoxy) is 2. The minimum atomic E-state index is -0.518. The Hall–Kier alpha value is -3.04. The predicted octanol–water partition coefficient (Wildman–Crippen LogP) is 0.212. The van der Waals surface area contributed by atoms with Crippen LogP contribution in [-0.2, 0) is 19.1 Å². The molecule has 0 saturated carbocycles. The van der Waals surface area contributed by atoms with E-state index in [1.54, 1.807) is 6.92 Å². The number of hydrogen-bond acceptors (Lipinski definition) is 6. The van der Waals surface area contributed by atoms with Gasteiger partial charge in [-0.1, -0.05) is 13.2 Å². The fraction of sp³-hybridized carbons (Fsp3) is 0.529. The van der Waals surface area contributed by atoms with Crippen LogP contribution in [0, 0.1) is 0 Å². The third-order valence-electron chi connectivity index (χ3n) is 2.88. The van der Waals surface area contributed by atoms with E-state index in [0.717, 1.165) is 0 Å². The Morgan fingerprint density at radius 1 is 0.815 bits per heavy atom. The van der Waals surface area contributed by atoms with Crippen molar-refractivity contribution in [2.45, 2.75) is 26.8 Å². The van der Waals surface area contributed by atoms with Crippen LogP contribution in [0.3, 0.4) is 0 Å². The summed E-state index contributed by atoms with van der Waals surface area (Å²) in [5.74, 6) is -1.04. The van der Waals surface area contributed by atoms with Crippen LogP contribution in [0.2, 0.25) is 0 Å². The van der Waals surface area contributed by atoms with Crippen molar-refractivity contribution in [1.29, 1.82) is 0 Å². The van der Waals surface area contributed by atoms with Crippen LogP contribution in [0.15, 0.2) is 24.3 Å². The number of urea groups is 2. The van der Waals surface area contributed by atoms with Crippen LogP contribution in [0.4, 0.5) is 9.59 Å². The first-order valence-corrected chi connectivity index (χ1v) is 8.34. The zero-order valence-electron chi connectivity index (χ0n) is 16.0. The van der Waals surface area contributed by atoms with E-state index in [-0.39, 0.29) is 50.0 Å². The molecule has 1 unspecified atom stereocenters. The van der Waals surface area contributed by atoms with Gasteiger partial charge in [0.25, 0.3) is 0 Å². The molecule has 0 aliphatic heterocycles. The number of amides is 4. The van der Waals surface area contributed by atoms with E-state index in [2.05, 4.69) is 34.4 Å². The Morgan fingerprint density at radius 3 is 1.70 bits per heavy atom. The maximum Gasteiger partial charge on any atom is 0.333 e. The summed E-state index contributed by atoms with van der Waals surface area (Å²) < 4.78 is 9.65. The first-order valence-electron chi connectivity index (χ1n) is 8.34. The van der Waals surface area contributed by atoms with Gasteiger partial charge in [-0.05, 0) is 20.8 Å². The Labute approximate surface area is 158 Å². The number of carbonyl (C=O) groups is 4. The molecule has 4 amide bonds. The number of nitrogens with one attached hydrogen (secondary N) is 4. The van der Waals surface area contributed by atoms with Gasteiger partial charge in [0.15, 0.2) is 0 Å². The Balaban J connectivity index is 3.77. The lowest BCUT2D eigenvalue weighted by molar-refractivity contribution is -0.139. The molecule has 1 atom stereocenters. The zero-order valence-corrected chi connectivity index (χ0v) is 16.0. The molecule has 0 heterocycles. The van der Waals surface area contributed by atoms with Gasteiger partial charge in [0.2, 0.25) is 0 Å². The molecule has 4 N–H and O–H groups in total. The fourth-order valence-electron chi connectivity index (χ4n) is 1.50. The molecule has 0 bridgehead atoms. The van der Waals surface area contributed by atoms with Gasteiger partial charge >= 0.3 is 24.0 Å². The molecule has 0 aliphatic carbocycles. The molecule has 0 fully saturated rings. The Bertz CT molecular complexity index is 576. The Kier molecular flexibility index (Phi) is 11.7. The van der Waals surface area contributed by atoms with Crippen LogP contribution in [0.25, 0.3) is 0 Å². The van der Waals surface area contributed by atoms with Crippen LogP contribution >= 0.6 is 0 Å². The van der Waals surface area contributed by atoms with Crippen molar-refractivity contribution < 1.29 is 28.7 Å². The van der Waals surface area contributed by atoms with Crippen LogP contribution < -0.4 is 21.3 Å². The van der Waals surface area contributed by atoms with Crippen molar-refractivity contribution in [3.05, 3.63) is 24.3 Å². The maximum atomic E-state index is 11.6. The molecule has 27 heavy (non-hydrogen) atoms. The van der Waals surface area contributed by atoms with E-state index in [1.165, 1.54) is 13.8 Å². The summed E-state index contributed by atoms with van der Waals surface area (Å²) in [4.78, 5) is 45.5. The number of rotatable bonds is 11. The second kappa shape index (κ2) is 13.2. The van der Waals surface area contributed by atoms with Gasteiger partial charge in [0.05, 0.1) is 13.1 Å². The third-order valence-corrected chi connectivity index (χ3v) is 2.88.